The van der Waals surface area contributed by atoms with Gasteiger partial charge in [0.25, 0.3) is 0 Å². The average molecular weight is 359 g/mol. The molecule has 1 amide bonds. The van der Waals surface area contributed by atoms with Crippen molar-refractivity contribution in [2.75, 3.05) is 12.4 Å². The molecule has 7 nitrogen and oxygen atoms in total. The summed E-state index contributed by atoms with van der Waals surface area (Å²) in [5.41, 5.74) is 2.52. The highest BCUT2D eigenvalue weighted by Crippen LogP contribution is 2.23. The van der Waals surface area contributed by atoms with Crippen molar-refractivity contribution in [2.24, 2.45) is 0 Å². The number of carbonyl (C=O) groups is 1. The minimum absolute atomic E-state index is 0.0886. The van der Waals surface area contributed by atoms with Crippen LogP contribution in [0.2, 0.25) is 0 Å². The number of anilines is 1. The molecule has 3 aromatic rings. The molecule has 1 aromatic carbocycles. The highest BCUT2D eigenvalue weighted by atomic mass is 19.1. The zero-order chi connectivity index (χ0) is 18.7. The van der Waals surface area contributed by atoms with E-state index in [2.05, 4.69) is 15.0 Å². The molecule has 0 aliphatic heterocycles. The number of nitrogens with one attached hydrogen (secondary N) is 1. The Kier molecular flexibility index (Phi) is 5.04. The summed E-state index contributed by atoms with van der Waals surface area (Å²) in [5, 5.41) is 11.9. The SMILES string of the molecule is COC(=O)Nc1cccc(F)c1COc1ccn2c(CO)c(C)nc2c1. The van der Waals surface area contributed by atoms with Gasteiger partial charge in [-0.1, -0.05) is 6.07 Å². The number of halogens is 1. The van der Waals surface area contributed by atoms with E-state index in [1.54, 1.807) is 28.8 Å². The lowest BCUT2D eigenvalue weighted by atomic mass is 10.2. The molecule has 2 aromatic heterocycles. The number of aliphatic hydroxyl groups excluding tert-OH is 1. The maximum absolute atomic E-state index is 14.1. The molecule has 0 unspecified atom stereocenters. The number of ether oxygens (including phenoxy) is 2. The van der Waals surface area contributed by atoms with Crippen LogP contribution >= 0.6 is 0 Å². The number of pyridine rings is 1. The zero-order valence-electron chi connectivity index (χ0n) is 14.3. The molecule has 136 valence electrons. The smallest absolute Gasteiger partial charge is 0.411 e. The van der Waals surface area contributed by atoms with Crippen molar-refractivity contribution in [1.29, 1.82) is 0 Å². The normalized spacial score (nSPS) is 10.8. The highest BCUT2D eigenvalue weighted by Gasteiger charge is 2.13. The molecule has 0 bridgehead atoms. The van der Waals surface area contributed by atoms with E-state index in [4.69, 9.17) is 4.74 Å². The second kappa shape index (κ2) is 7.40. The van der Waals surface area contributed by atoms with E-state index >= 15 is 0 Å². The number of hydrogen-bond donors (Lipinski definition) is 2. The van der Waals surface area contributed by atoms with E-state index in [1.807, 2.05) is 6.92 Å². The molecule has 0 fully saturated rings. The summed E-state index contributed by atoms with van der Waals surface area (Å²) in [5.74, 6) is -0.0153. The topological polar surface area (TPSA) is 85.1 Å². The first kappa shape index (κ1) is 17.7. The number of amides is 1. The van der Waals surface area contributed by atoms with Crippen LogP contribution in [0.4, 0.5) is 14.9 Å². The van der Waals surface area contributed by atoms with E-state index in [0.29, 0.717) is 17.1 Å². The standard InChI is InChI=1S/C18H18FN3O4/c1-11-16(9-23)22-7-6-12(8-17(22)20-11)26-10-13-14(19)4-3-5-15(13)21-18(24)25-2/h3-8,23H,9-10H2,1-2H3,(H,21,24). The fraction of sp³-hybridized carbons (Fsp3) is 0.222. The number of methoxy groups -OCH3 is 1. The summed E-state index contributed by atoms with van der Waals surface area (Å²) in [6.07, 6.45) is 1.04. The summed E-state index contributed by atoms with van der Waals surface area (Å²) in [7, 11) is 1.23. The Labute approximate surface area is 149 Å². The van der Waals surface area contributed by atoms with Crippen LogP contribution in [0.5, 0.6) is 5.75 Å². The maximum Gasteiger partial charge on any atom is 0.411 e. The number of aliphatic hydroxyl groups is 1. The second-order valence-corrected chi connectivity index (χ2v) is 5.56. The second-order valence-electron chi connectivity index (χ2n) is 5.56. The predicted octanol–water partition coefficient (Wildman–Crippen LogP) is 3.03. The third-order valence-electron chi connectivity index (χ3n) is 3.97. The number of hydrogen-bond acceptors (Lipinski definition) is 5. The van der Waals surface area contributed by atoms with Crippen molar-refractivity contribution < 1.29 is 23.8 Å². The summed E-state index contributed by atoms with van der Waals surface area (Å²) in [6.45, 7) is 1.60. The van der Waals surface area contributed by atoms with Crippen LogP contribution < -0.4 is 10.1 Å². The number of aromatic nitrogens is 2. The summed E-state index contributed by atoms with van der Waals surface area (Å²) >= 11 is 0. The molecule has 2 heterocycles. The van der Waals surface area contributed by atoms with Crippen LogP contribution in [0.15, 0.2) is 36.5 Å². The van der Waals surface area contributed by atoms with Crippen molar-refractivity contribution >= 4 is 17.4 Å². The van der Waals surface area contributed by atoms with Gasteiger partial charge >= 0.3 is 6.09 Å². The summed E-state index contributed by atoms with van der Waals surface area (Å²) < 4.78 is 26.1. The maximum atomic E-state index is 14.1. The summed E-state index contributed by atoms with van der Waals surface area (Å²) in [4.78, 5) is 15.8. The third-order valence-corrected chi connectivity index (χ3v) is 3.97. The number of rotatable bonds is 5. The van der Waals surface area contributed by atoms with Crippen molar-refractivity contribution in [2.45, 2.75) is 20.1 Å². The van der Waals surface area contributed by atoms with Gasteiger partial charge in [0, 0.05) is 17.8 Å². The third kappa shape index (κ3) is 3.45. The Balaban J connectivity index is 1.83. The monoisotopic (exact) mass is 359 g/mol. The summed E-state index contributed by atoms with van der Waals surface area (Å²) in [6, 6.07) is 7.73. The molecule has 0 aliphatic rings. The quantitative estimate of drug-likeness (QED) is 0.731. The van der Waals surface area contributed by atoms with Gasteiger partial charge in [0.1, 0.15) is 23.8 Å². The lowest BCUT2D eigenvalue weighted by Gasteiger charge is -2.13. The molecule has 0 radical (unpaired) electrons. The molecule has 0 aliphatic carbocycles. The minimum Gasteiger partial charge on any atom is -0.489 e. The molecule has 0 spiro atoms. The number of nitrogens with zero attached hydrogens (tertiary/aromatic N) is 2. The van der Waals surface area contributed by atoms with Crippen LogP contribution in [0.1, 0.15) is 17.0 Å². The number of imidazole rings is 1. The van der Waals surface area contributed by atoms with Gasteiger partial charge in [-0.05, 0) is 25.1 Å². The molecule has 2 N–H and O–H groups in total. The van der Waals surface area contributed by atoms with E-state index in [-0.39, 0.29) is 24.5 Å². The van der Waals surface area contributed by atoms with Crippen molar-refractivity contribution in [3.05, 3.63) is 59.3 Å². The minimum atomic E-state index is -0.692. The number of aryl methyl sites for hydroxylation is 1. The molecule has 0 atom stereocenters. The number of fused-ring (bicyclic) bond motifs is 1. The average Bonchev–Trinajstić information content (AvgIpc) is 2.95. The van der Waals surface area contributed by atoms with Gasteiger partial charge in [0.05, 0.1) is 30.8 Å². The molecular formula is C18H18FN3O4. The van der Waals surface area contributed by atoms with Crippen molar-refractivity contribution in [3.63, 3.8) is 0 Å². The largest absolute Gasteiger partial charge is 0.489 e. The van der Waals surface area contributed by atoms with Gasteiger partial charge < -0.3 is 19.0 Å². The van der Waals surface area contributed by atoms with Gasteiger partial charge in [-0.3, -0.25) is 5.32 Å². The molecule has 26 heavy (non-hydrogen) atoms. The molecule has 3 rings (SSSR count). The molecule has 8 heteroatoms. The van der Waals surface area contributed by atoms with Crippen LogP contribution in [-0.2, 0) is 18.0 Å². The number of benzene rings is 1. The lowest BCUT2D eigenvalue weighted by Crippen LogP contribution is -2.14. The fourth-order valence-electron chi connectivity index (χ4n) is 2.61. The highest BCUT2D eigenvalue weighted by molar-refractivity contribution is 5.85. The Morgan fingerprint density at radius 1 is 1.38 bits per heavy atom. The first-order chi connectivity index (χ1) is 12.5. The molecular weight excluding hydrogens is 341 g/mol. The van der Waals surface area contributed by atoms with E-state index in [1.165, 1.54) is 19.2 Å². The van der Waals surface area contributed by atoms with Gasteiger partial charge in [-0.15, -0.1) is 0 Å². The van der Waals surface area contributed by atoms with Crippen molar-refractivity contribution in [3.8, 4) is 5.75 Å². The van der Waals surface area contributed by atoms with Gasteiger partial charge in [0.15, 0.2) is 0 Å². The Hall–Kier alpha value is -3.13. The van der Waals surface area contributed by atoms with Gasteiger partial charge in [-0.25, -0.2) is 14.2 Å². The first-order valence-corrected chi connectivity index (χ1v) is 7.87. The van der Waals surface area contributed by atoms with E-state index in [9.17, 15) is 14.3 Å². The Bertz CT molecular complexity index is 955. The van der Waals surface area contributed by atoms with Crippen LogP contribution in [0, 0.1) is 12.7 Å². The lowest BCUT2D eigenvalue weighted by molar-refractivity contribution is 0.187. The van der Waals surface area contributed by atoms with Crippen LogP contribution in [-0.4, -0.2) is 27.7 Å². The molecule has 0 saturated heterocycles. The van der Waals surface area contributed by atoms with Gasteiger partial charge in [-0.2, -0.15) is 0 Å². The van der Waals surface area contributed by atoms with E-state index < -0.39 is 11.9 Å². The zero-order valence-corrected chi connectivity index (χ0v) is 14.3. The fourth-order valence-corrected chi connectivity index (χ4v) is 2.61. The Morgan fingerprint density at radius 2 is 2.19 bits per heavy atom. The number of carbonyl (C=O) groups excluding carboxylic acids is 1. The van der Waals surface area contributed by atoms with Crippen LogP contribution in [0.3, 0.4) is 0 Å². The predicted molar refractivity (Wildman–Crippen MR) is 92.6 cm³/mol. The van der Waals surface area contributed by atoms with Gasteiger partial charge in [0.2, 0.25) is 0 Å². The van der Waals surface area contributed by atoms with E-state index in [0.717, 1.165) is 5.69 Å². The van der Waals surface area contributed by atoms with Crippen molar-refractivity contribution in [1.82, 2.24) is 9.38 Å². The Morgan fingerprint density at radius 3 is 2.92 bits per heavy atom. The molecule has 0 saturated carbocycles. The van der Waals surface area contributed by atoms with Crippen LogP contribution in [0.25, 0.3) is 5.65 Å². The first-order valence-electron chi connectivity index (χ1n) is 7.87.